The van der Waals surface area contributed by atoms with Crippen molar-refractivity contribution in [3.05, 3.63) is 10.7 Å². The van der Waals surface area contributed by atoms with Crippen LogP contribution in [0.4, 0.5) is 16.6 Å². The van der Waals surface area contributed by atoms with Crippen LogP contribution in [0.25, 0.3) is 0 Å². The predicted octanol–water partition coefficient (Wildman–Crippen LogP) is 2.11. The first-order valence-electron chi connectivity index (χ1n) is 7.02. The summed E-state index contributed by atoms with van der Waals surface area (Å²) in [5, 5.41) is 0.118. The van der Waals surface area contributed by atoms with Gasteiger partial charge in [-0.15, -0.1) is 0 Å². The summed E-state index contributed by atoms with van der Waals surface area (Å²) >= 11 is 6.14. The first-order chi connectivity index (χ1) is 10.6. The fourth-order valence-corrected chi connectivity index (χ4v) is 2.66. The Morgan fingerprint density at radius 2 is 2.04 bits per heavy atom. The molecule has 0 aromatic carbocycles. The summed E-state index contributed by atoms with van der Waals surface area (Å²) in [5.41, 5.74) is 5.45. The number of hydrogen-bond donors (Lipinski definition) is 1. The Hall–Kier alpha value is -2.09. The van der Waals surface area contributed by atoms with Crippen molar-refractivity contribution in [3.8, 4) is 0 Å². The lowest BCUT2D eigenvalue weighted by atomic mass is 10.0. The van der Waals surface area contributed by atoms with Crippen LogP contribution < -0.4 is 10.6 Å². The maximum Gasteiger partial charge on any atom is 0.416 e. The second kappa shape index (κ2) is 6.19. The van der Waals surface area contributed by atoms with Crippen molar-refractivity contribution < 1.29 is 19.1 Å². The molecule has 0 aliphatic carbocycles. The predicted molar refractivity (Wildman–Crippen MR) is 84.4 cm³/mol. The molecule has 2 heterocycles. The average molecular weight is 343 g/mol. The lowest BCUT2D eigenvalue weighted by molar-refractivity contribution is -0.141. The number of methoxy groups -OCH3 is 1. The maximum atomic E-state index is 12.4. The van der Waals surface area contributed by atoms with Crippen molar-refractivity contribution in [2.45, 2.75) is 38.7 Å². The van der Waals surface area contributed by atoms with Crippen molar-refractivity contribution in [3.63, 3.8) is 0 Å². The van der Waals surface area contributed by atoms with Gasteiger partial charge in [0.1, 0.15) is 16.6 Å². The molecule has 0 saturated carbocycles. The van der Waals surface area contributed by atoms with E-state index in [1.54, 1.807) is 20.8 Å². The lowest BCUT2D eigenvalue weighted by Crippen LogP contribution is -2.36. The zero-order chi connectivity index (χ0) is 17.4. The van der Waals surface area contributed by atoms with Crippen LogP contribution in [0.2, 0.25) is 5.15 Å². The summed E-state index contributed by atoms with van der Waals surface area (Å²) in [6.07, 6.45) is -0.532. The number of nitrogens with zero attached hydrogens (tertiary/aromatic N) is 3. The van der Waals surface area contributed by atoms with Crippen molar-refractivity contribution in [2.24, 2.45) is 0 Å². The topological polar surface area (TPSA) is 108 Å². The highest BCUT2D eigenvalue weighted by Crippen LogP contribution is 2.41. The summed E-state index contributed by atoms with van der Waals surface area (Å²) in [7, 11) is 1.30. The number of esters is 1. The van der Waals surface area contributed by atoms with Gasteiger partial charge < -0.3 is 15.2 Å². The van der Waals surface area contributed by atoms with E-state index in [2.05, 4.69) is 14.7 Å². The zero-order valence-corrected chi connectivity index (χ0v) is 14.2. The number of ether oxygens (including phenoxy) is 2. The fraction of sp³-hybridized carbons (Fsp3) is 0.571. The molecule has 1 amide bonds. The number of aromatic nitrogens is 2. The molecule has 23 heavy (non-hydrogen) atoms. The number of nitrogen functional groups attached to an aromatic ring is 1. The van der Waals surface area contributed by atoms with Crippen LogP contribution in [0.1, 0.15) is 38.7 Å². The summed E-state index contributed by atoms with van der Waals surface area (Å²) in [6, 6.07) is 0. The molecule has 1 unspecified atom stereocenters. The fourth-order valence-electron chi connectivity index (χ4n) is 2.33. The van der Waals surface area contributed by atoms with Crippen LogP contribution in [-0.4, -0.2) is 41.3 Å². The van der Waals surface area contributed by atoms with Crippen LogP contribution in [0.5, 0.6) is 0 Å². The third-order valence-electron chi connectivity index (χ3n) is 3.22. The number of carbonyl (C=O) groups is 2. The minimum Gasteiger partial charge on any atom is -0.469 e. The SMILES string of the molecule is COC(=O)CC1CN(C(=O)OC(C)(C)C)c2nc(N)nc(Cl)c21. The number of hydrogen-bond acceptors (Lipinski definition) is 7. The number of nitrogens with two attached hydrogens (primary N) is 1. The molecule has 1 aliphatic heterocycles. The monoisotopic (exact) mass is 342 g/mol. The van der Waals surface area contributed by atoms with Crippen molar-refractivity contribution >= 4 is 35.4 Å². The number of fused-ring (bicyclic) bond motifs is 1. The van der Waals surface area contributed by atoms with Gasteiger partial charge in [0, 0.05) is 18.0 Å². The lowest BCUT2D eigenvalue weighted by Gasteiger charge is -2.24. The molecule has 2 N–H and O–H groups in total. The summed E-state index contributed by atoms with van der Waals surface area (Å²) in [5.74, 6) is -0.579. The average Bonchev–Trinajstić information content (AvgIpc) is 2.75. The molecule has 8 nitrogen and oxygen atoms in total. The molecule has 126 valence electrons. The highest BCUT2D eigenvalue weighted by Gasteiger charge is 2.39. The molecular weight excluding hydrogens is 324 g/mol. The van der Waals surface area contributed by atoms with Crippen LogP contribution in [-0.2, 0) is 14.3 Å². The van der Waals surface area contributed by atoms with Gasteiger partial charge in [0.15, 0.2) is 0 Å². The second-order valence-corrected chi connectivity index (χ2v) is 6.54. The number of amides is 1. The first-order valence-corrected chi connectivity index (χ1v) is 7.40. The summed E-state index contributed by atoms with van der Waals surface area (Å²) in [4.78, 5) is 33.3. The molecule has 0 saturated heterocycles. The van der Waals surface area contributed by atoms with Crippen molar-refractivity contribution in [1.29, 1.82) is 0 Å². The molecule has 1 aromatic heterocycles. The minimum absolute atomic E-state index is 0.0514. The molecule has 1 aromatic rings. The van der Waals surface area contributed by atoms with E-state index in [1.165, 1.54) is 12.0 Å². The van der Waals surface area contributed by atoms with E-state index < -0.39 is 17.7 Å². The highest BCUT2D eigenvalue weighted by molar-refractivity contribution is 6.31. The van der Waals surface area contributed by atoms with Gasteiger partial charge in [-0.2, -0.15) is 4.98 Å². The summed E-state index contributed by atoms with van der Waals surface area (Å²) in [6.45, 7) is 5.47. The Labute approximate surface area is 138 Å². The van der Waals surface area contributed by atoms with Crippen LogP contribution in [0.15, 0.2) is 0 Å². The molecule has 0 radical (unpaired) electrons. The van der Waals surface area contributed by atoms with E-state index in [1.807, 2.05) is 0 Å². The Bertz CT molecular complexity index is 644. The van der Waals surface area contributed by atoms with E-state index in [0.29, 0.717) is 5.56 Å². The minimum atomic E-state index is -0.667. The van der Waals surface area contributed by atoms with Crippen LogP contribution >= 0.6 is 11.6 Å². The van der Waals surface area contributed by atoms with Gasteiger partial charge >= 0.3 is 12.1 Å². The largest absolute Gasteiger partial charge is 0.469 e. The van der Waals surface area contributed by atoms with Crippen LogP contribution in [0.3, 0.4) is 0 Å². The standard InChI is InChI=1S/C14H19ClN4O4/c1-14(2,3)23-13(21)19-6-7(5-8(20)22-4)9-10(15)17-12(16)18-11(9)19/h7H,5-6H2,1-4H3,(H2,16,17,18). The van der Waals surface area contributed by atoms with Gasteiger partial charge in [0.05, 0.1) is 13.5 Å². The number of carbonyl (C=O) groups excluding carboxylic acids is 2. The Morgan fingerprint density at radius 3 is 2.61 bits per heavy atom. The van der Waals surface area contributed by atoms with Gasteiger partial charge in [0.2, 0.25) is 5.95 Å². The molecule has 2 rings (SSSR count). The van der Waals surface area contributed by atoms with Gasteiger partial charge in [0.25, 0.3) is 0 Å². The van der Waals surface area contributed by atoms with Gasteiger partial charge in [-0.25, -0.2) is 9.78 Å². The molecule has 9 heteroatoms. The highest BCUT2D eigenvalue weighted by atomic mass is 35.5. The molecular formula is C14H19ClN4O4. The molecule has 0 fully saturated rings. The normalized spacial score (nSPS) is 16.9. The first kappa shape index (κ1) is 17.3. The van der Waals surface area contributed by atoms with Crippen molar-refractivity contribution in [2.75, 3.05) is 24.3 Å². The van der Waals surface area contributed by atoms with Gasteiger partial charge in [-0.3, -0.25) is 9.69 Å². The van der Waals surface area contributed by atoms with E-state index in [9.17, 15) is 9.59 Å². The summed E-state index contributed by atoms with van der Waals surface area (Å²) < 4.78 is 10.0. The molecule has 0 bridgehead atoms. The van der Waals surface area contributed by atoms with Gasteiger partial charge in [-0.05, 0) is 20.8 Å². The molecule has 1 atom stereocenters. The number of rotatable bonds is 2. The number of halogens is 1. The molecule has 1 aliphatic rings. The van der Waals surface area contributed by atoms with E-state index in [4.69, 9.17) is 22.1 Å². The second-order valence-electron chi connectivity index (χ2n) is 6.18. The quantitative estimate of drug-likeness (QED) is 0.647. The van der Waals surface area contributed by atoms with E-state index >= 15 is 0 Å². The van der Waals surface area contributed by atoms with E-state index in [-0.39, 0.29) is 35.8 Å². The Kier molecular flexibility index (Phi) is 4.65. The Balaban J connectivity index is 2.38. The third kappa shape index (κ3) is 3.82. The van der Waals surface area contributed by atoms with Gasteiger partial charge in [-0.1, -0.05) is 11.6 Å². The maximum absolute atomic E-state index is 12.4. The molecule has 0 spiro atoms. The Morgan fingerprint density at radius 1 is 1.39 bits per heavy atom. The van der Waals surface area contributed by atoms with Crippen molar-refractivity contribution in [1.82, 2.24) is 9.97 Å². The smallest absolute Gasteiger partial charge is 0.416 e. The third-order valence-corrected chi connectivity index (χ3v) is 3.51. The van der Waals surface area contributed by atoms with Crippen LogP contribution in [0, 0.1) is 0 Å². The number of anilines is 2. The zero-order valence-electron chi connectivity index (χ0n) is 13.4. The van der Waals surface area contributed by atoms with E-state index in [0.717, 1.165) is 0 Å².